The fraction of sp³-hybridized carbons (Fsp3) is 0.917. The maximum absolute atomic E-state index is 11.5. The fourth-order valence-electron chi connectivity index (χ4n) is 2.02. The maximum atomic E-state index is 11.5. The molecule has 1 saturated heterocycles. The number of ether oxygens (including phenoxy) is 1. The fourth-order valence-corrected chi connectivity index (χ4v) is 2.02. The Hall–Kier alpha value is -0.610. The minimum Gasteiger partial charge on any atom is -0.460 e. The van der Waals surface area contributed by atoms with Crippen molar-refractivity contribution in [3.8, 4) is 0 Å². The molecule has 16 heavy (non-hydrogen) atoms. The van der Waals surface area contributed by atoms with Crippen LogP contribution in [-0.4, -0.2) is 47.3 Å². The Kier molecular flexibility index (Phi) is 4.74. The van der Waals surface area contributed by atoms with Gasteiger partial charge in [0.2, 0.25) is 0 Å². The van der Waals surface area contributed by atoms with Crippen LogP contribution in [0.15, 0.2) is 0 Å². The van der Waals surface area contributed by atoms with Gasteiger partial charge in [0.05, 0.1) is 13.0 Å². The Bertz CT molecular complexity index is 235. The first kappa shape index (κ1) is 13.5. The van der Waals surface area contributed by atoms with Crippen LogP contribution in [0.5, 0.6) is 0 Å². The van der Waals surface area contributed by atoms with E-state index in [1.165, 1.54) is 0 Å². The number of aliphatic hydroxyl groups excluding tert-OH is 1. The Morgan fingerprint density at radius 2 is 2.19 bits per heavy atom. The Labute approximate surface area is 97.6 Å². The van der Waals surface area contributed by atoms with E-state index in [0.717, 1.165) is 19.4 Å². The van der Waals surface area contributed by atoms with E-state index in [1.54, 1.807) is 0 Å². The van der Waals surface area contributed by atoms with Crippen molar-refractivity contribution < 1.29 is 14.6 Å². The second-order valence-electron chi connectivity index (χ2n) is 5.35. The predicted octanol–water partition coefficient (Wildman–Crippen LogP) is 1.17. The number of carbonyl (C=O) groups is 1. The summed E-state index contributed by atoms with van der Waals surface area (Å²) >= 11 is 0. The summed E-state index contributed by atoms with van der Waals surface area (Å²) in [5.74, 6) is -0.156. The molecule has 4 nitrogen and oxygen atoms in total. The highest BCUT2D eigenvalue weighted by Gasteiger charge is 2.24. The molecule has 1 atom stereocenters. The minimum atomic E-state index is -0.404. The lowest BCUT2D eigenvalue weighted by atomic mass is 10.2. The Balaban J connectivity index is 2.26. The Morgan fingerprint density at radius 1 is 1.50 bits per heavy atom. The number of esters is 1. The first-order valence-electron chi connectivity index (χ1n) is 5.99. The van der Waals surface area contributed by atoms with Crippen molar-refractivity contribution in [2.24, 2.45) is 0 Å². The van der Waals surface area contributed by atoms with E-state index in [1.807, 2.05) is 20.8 Å². The standard InChI is InChI=1S/C12H23NO3/c1-12(2,3)16-11(15)6-8-13-7-4-5-10(13)9-14/h10,14H,4-9H2,1-3H3/t10-/m0/s1. The van der Waals surface area contributed by atoms with Crippen molar-refractivity contribution in [2.45, 2.75) is 51.7 Å². The molecule has 1 rings (SSSR count). The first-order chi connectivity index (χ1) is 7.42. The molecule has 1 heterocycles. The van der Waals surface area contributed by atoms with Crippen molar-refractivity contribution in [3.63, 3.8) is 0 Å². The van der Waals surface area contributed by atoms with Gasteiger partial charge in [-0.2, -0.15) is 0 Å². The smallest absolute Gasteiger partial charge is 0.307 e. The van der Waals surface area contributed by atoms with E-state index in [0.29, 0.717) is 13.0 Å². The molecule has 1 aliphatic rings. The molecule has 0 unspecified atom stereocenters. The van der Waals surface area contributed by atoms with E-state index in [-0.39, 0.29) is 18.6 Å². The highest BCUT2D eigenvalue weighted by Crippen LogP contribution is 2.17. The van der Waals surface area contributed by atoms with Crippen molar-refractivity contribution in [3.05, 3.63) is 0 Å². The zero-order valence-electron chi connectivity index (χ0n) is 10.5. The summed E-state index contributed by atoms with van der Waals surface area (Å²) in [4.78, 5) is 13.7. The minimum absolute atomic E-state index is 0.156. The van der Waals surface area contributed by atoms with Crippen LogP contribution in [0.3, 0.4) is 0 Å². The number of nitrogens with zero attached hydrogens (tertiary/aromatic N) is 1. The van der Waals surface area contributed by atoms with Gasteiger partial charge in [-0.1, -0.05) is 0 Å². The second kappa shape index (κ2) is 5.64. The zero-order chi connectivity index (χ0) is 12.2. The predicted molar refractivity (Wildman–Crippen MR) is 62.1 cm³/mol. The normalized spacial score (nSPS) is 22.4. The topological polar surface area (TPSA) is 49.8 Å². The van der Waals surface area contributed by atoms with Crippen molar-refractivity contribution >= 4 is 5.97 Å². The van der Waals surface area contributed by atoms with Crippen LogP contribution < -0.4 is 0 Å². The molecule has 4 heteroatoms. The molecule has 0 aromatic carbocycles. The SMILES string of the molecule is CC(C)(C)OC(=O)CCN1CCC[C@H]1CO. The molecular formula is C12H23NO3. The largest absolute Gasteiger partial charge is 0.460 e. The molecule has 0 spiro atoms. The molecule has 1 N–H and O–H groups in total. The van der Waals surface area contributed by atoms with Gasteiger partial charge in [0.15, 0.2) is 0 Å². The van der Waals surface area contributed by atoms with E-state index in [2.05, 4.69) is 4.90 Å². The number of rotatable bonds is 4. The summed E-state index contributed by atoms with van der Waals surface area (Å²) in [5, 5.41) is 9.13. The van der Waals surface area contributed by atoms with Crippen LogP contribution in [0.4, 0.5) is 0 Å². The number of hydrogen-bond acceptors (Lipinski definition) is 4. The van der Waals surface area contributed by atoms with Crippen LogP contribution in [0.25, 0.3) is 0 Å². The average Bonchev–Trinajstić information content (AvgIpc) is 2.59. The van der Waals surface area contributed by atoms with Gasteiger partial charge in [-0.15, -0.1) is 0 Å². The third kappa shape index (κ3) is 4.49. The number of likely N-dealkylation sites (tertiary alicyclic amines) is 1. The molecule has 0 saturated carbocycles. The van der Waals surface area contributed by atoms with Gasteiger partial charge in [0.25, 0.3) is 0 Å². The van der Waals surface area contributed by atoms with Gasteiger partial charge in [0, 0.05) is 12.6 Å². The van der Waals surface area contributed by atoms with Crippen LogP contribution in [0.1, 0.15) is 40.0 Å². The summed E-state index contributed by atoms with van der Waals surface area (Å²) in [6, 6.07) is 0.238. The van der Waals surface area contributed by atoms with Gasteiger partial charge >= 0.3 is 5.97 Å². The molecule has 94 valence electrons. The maximum Gasteiger partial charge on any atom is 0.307 e. The number of hydrogen-bond donors (Lipinski definition) is 1. The van der Waals surface area contributed by atoms with Crippen LogP contribution in [0.2, 0.25) is 0 Å². The van der Waals surface area contributed by atoms with Crippen LogP contribution in [0, 0.1) is 0 Å². The summed E-state index contributed by atoms with van der Waals surface area (Å²) in [6.45, 7) is 7.48. The molecule has 1 aliphatic heterocycles. The van der Waals surface area contributed by atoms with Gasteiger partial charge in [0.1, 0.15) is 5.60 Å². The van der Waals surface area contributed by atoms with E-state index < -0.39 is 5.60 Å². The molecule has 0 amide bonds. The summed E-state index contributed by atoms with van der Waals surface area (Å²) in [7, 11) is 0. The zero-order valence-corrected chi connectivity index (χ0v) is 10.5. The summed E-state index contributed by atoms with van der Waals surface area (Å²) < 4.78 is 5.24. The summed E-state index contributed by atoms with van der Waals surface area (Å²) in [6.07, 6.45) is 2.55. The van der Waals surface area contributed by atoms with Gasteiger partial charge in [-0.05, 0) is 40.2 Å². The van der Waals surface area contributed by atoms with Gasteiger partial charge < -0.3 is 9.84 Å². The van der Waals surface area contributed by atoms with E-state index in [4.69, 9.17) is 9.84 Å². The number of carbonyl (C=O) groups excluding carboxylic acids is 1. The lowest BCUT2D eigenvalue weighted by Gasteiger charge is -2.24. The van der Waals surface area contributed by atoms with E-state index >= 15 is 0 Å². The lowest BCUT2D eigenvalue weighted by Crippen LogP contribution is -2.35. The molecule has 0 aliphatic carbocycles. The van der Waals surface area contributed by atoms with Gasteiger partial charge in [-0.25, -0.2) is 0 Å². The molecule has 0 aromatic heterocycles. The molecular weight excluding hydrogens is 206 g/mol. The van der Waals surface area contributed by atoms with Crippen LogP contribution in [-0.2, 0) is 9.53 Å². The third-order valence-corrected chi connectivity index (χ3v) is 2.73. The molecule has 0 radical (unpaired) electrons. The van der Waals surface area contributed by atoms with Crippen LogP contribution >= 0.6 is 0 Å². The first-order valence-corrected chi connectivity index (χ1v) is 5.99. The molecule has 0 aromatic rings. The van der Waals surface area contributed by atoms with Gasteiger partial charge in [-0.3, -0.25) is 9.69 Å². The lowest BCUT2D eigenvalue weighted by molar-refractivity contribution is -0.155. The van der Waals surface area contributed by atoms with E-state index in [9.17, 15) is 4.79 Å². The average molecular weight is 229 g/mol. The highest BCUT2D eigenvalue weighted by atomic mass is 16.6. The van der Waals surface area contributed by atoms with Crippen molar-refractivity contribution in [2.75, 3.05) is 19.7 Å². The number of aliphatic hydroxyl groups is 1. The quantitative estimate of drug-likeness (QED) is 0.735. The Morgan fingerprint density at radius 3 is 2.75 bits per heavy atom. The highest BCUT2D eigenvalue weighted by molar-refractivity contribution is 5.70. The van der Waals surface area contributed by atoms with Crippen molar-refractivity contribution in [1.29, 1.82) is 0 Å². The molecule has 1 fully saturated rings. The monoisotopic (exact) mass is 229 g/mol. The molecule has 0 bridgehead atoms. The summed E-state index contributed by atoms with van der Waals surface area (Å²) in [5.41, 5.74) is -0.404. The third-order valence-electron chi connectivity index (χ3n) is 2.73. The van der Waals surface area contributed by atoms with Crippen molar-refractivity contribution in [1.82, 2.24) is 4.90 Å². The second-order valence-corrected chi connectivity index (χ2v) is 5.35.